The number of pyridine rings is 1. The van der Waals surface area contributed by atoms with Crippen molar-refractivity contribution in [3.63, 3.8) is 0 Å². The molecule has 0 aliphatic carbocycles. The number of hydrogen-bond donors (Lipinski definition) is 2. The second kappa shape index (κ2) is 8.96. The van der Waals surface area contributed by atoms with E-state index in [4.69, 9.17) is 10.5 Å². The van der Waals surface area contributed by atoms with Crippen LogP contribution in [0.2, 0.25) is 0 Å². The van der Waals surface area contributed by atoms with Crippen molar-refractivity contribution < 1.29 is 14.3 Å². The number of ether oxygens (including phenoxy) is 1. The van der Waals surface area contributed by atoms with Crippen LogP contribution < -0.4 is 16.0 Å². The summed E-state index contributed by atoms with van der Waals surface area (Å²) in [7, 11) is 0. The van der Waals surface area contributed by atoms with Gasteiger partial charge in [-0.15, -0.1) is 0 Å². The molecule has 3 N–H and O–H groups in total. The number of nitrogens with one attached hydrogen (secondary N) is 1. The number of rotatable bonds is 6. The Labute approximate surface area is 193 Å². The van der Waals surface area contributed by atoms with E-state index >= 15 is 0 Å². The number of morpholine rings is 1. The first kappa shape index (κ1) is 21.0. The summed E-state index contributed by atoms with van der Waals surface area (Å²) in [6, 6.07) is 5.21. The van der Waals surface area contributed by atoms with Crippen molar-refractivity contribution in [3.8, 4) is 11.3 Å². The Morgan fingerprint density at radius 2 is 1.97 bits per heavy atom. The van der Waals surface area contributed by atoms with Crippen LogP contribution in [0.3, 0.4) is 0 Å². The van der Waals surface area contributed by atoms with Gasteiger partial charge in [0, 0.05) is 54.7 Å². The van der Waals surface area contributed by atoms with Crippen LogP contribution in [0.15, 0.2) is 47.5 Å². The van der Waals surface area contributed by atoms with Gasteiger partial charge in [0.25, 0.3) is 11.8 Å². The zero-order chi connectivity index (χ0) is 22.8. The van der Waals surface area contributed by atoms with Gasteiger partial charge in [0.15, 0.2) is 5.65 Å². The average molecular weight is 464 g/mol. The van der Waals surface area contributed by atoms with Gasteiger partial charge >= 0.3 is 0 Å². The van der Waals surface area contributed by atoms with Crippen LogP contribution in [0.5, 0.6) is 0 Å². The molecule has 4 aromatic heterocycles. The third kappa shape index (κ3) is 4.15. The fourth-order valence-corrected chi connectivity index (χ4v) is 4.36. The quantitative estimate of drug-likeness (QED) is 0.446. The molecule has 0 spiro atoms. The van der Waals surface area contributed by atoms with Gasteiger partial charge < -0.3 is 20.7 Å². The maximum absolute atomic E-state index is 13.0. The van der Waals surface area contributed by atoms with Crippen molar-refractivity contribution in [1.29, 1.82) is 0 Å². The number of anilines is 1. The molecule has 2 amide bonds. The number of primary amides is 1. The zero-order valence-electron chi connectivity index (χ0n) is 17.6. The molecule has 1 saturated heterocycles. The molecule has 5 heterocycles. The van der Waals surface area contributed by atoms with Crippen molar-refractivity contribution in [3.05, 3.63) is 64.4 Å². The molecule has 0 aromatic carbocycles. The maximum Gasteiger partial charge on any atom is 0.268 e. The first-order chi connectivity index (χ1) is 16.1. The maximum atomic E-state index is 13.0. The van der Waals surface area contributed by atoms with Crippen LogP contribution in [0.25, 0.3) is 16.9 Å². The molecular formula is C22H21N7O3S. The highest BCUT2D eigenvalue weighted by Crippen LogP contribution is 2.27. The Bertz CT molecular complexity index is 1300. The summed E-state index contributed by atoms with van der Waals surface area (Å²) >= 11 is 1.49. The van der Waals surface area contributed by atoms with Crippen LogP contribution in [0, 0.1) is 0 Å². The van der Waals surface area contributed by atoms with Gasteiger partial charge in [0.05, 0.1) is 18.8 Å². The number of nitrogens with two attached hydrogens (primary N) is 1. The predicted octanol–water partition coefficient (Wildman–Crippen LogP) is 1.72. The number of amides is 2. The molecule has 5 rings (SSSR count). The SMILES string of the molecule is NC(=O)c1c(-c2ccsc2)nc2c(C(=O)NCc3cnc(N4CCOCC4)nc3)cccn12. The number of carbonyl (C=O) groups is 2. The summed E-state index contributed by atoms with van der Waals surface area (Å²) in [4.78, 5) is 40.6. The number of thiophene rings is 1. The van der Waals surface area contributed by atoms with Crippen LogP contribution in [-0.2, 0) is 11.3 Å². The predicted molar refractivity (Wildman–Crippen MR) is 123 cm³/mol. The monoisotopic (exact) mass is 463 g/mol. The van der Waals surface area contributed by atoms with Gasteiger partial charge in [-0.25, -0.2) is 15.0 Å². The third-order valence-electron chi connectivity index (χ3n) is 5.36. The topological polar surface area (TPSA) is 128 Å². The van der Waals surface area contributed by atoms with E-state index in [1.165, 1.54) is 11.3 Å². The van der Waals surface area contributed by atoms with Gasteiger partial charge in [0.2, 0.25) is 5.95 Å². The van der Waals surface area contributed by atoms with E-state index < -0.39 is 5.91 Å². The van der Waals surface area contributed by atoms with Crippen molar-refractivity contribution in [2.45, 2.75) is 6.54 Å². The summed E-state index contributed by atoms with van der Waals surface area (Å²) in [6.07, 6.45) is 5.08. The number of aromatic nitrogens is 4. The molecule has 4 aromatic rings. The van der Waals surface area contributed by atoms with Gasteiger partial charge in [-0.3, -0.25) is 14.0 Å². The van der Waals surface area contributed by atoms with E-state index in [1.54, 1.807) is 35.1 Å². The number of nitrogens with zero attached hydrogens (tertiary/aromatic N) is 5. The van der Waals surface area contributed by atoms with E-state index in [-0.39, 0.29) is 18.1 Å². The molecule has 10 nitrogen and oxygen atoms in total. The molecule has 0 saturated carbocycles. The molecule has 1 aliphatic rings. The second-order valence-electron chi connectivity index (χ2n) is 7.47. The summed E-state index contributed by atoms with van der Waals surface area (Å²) < 4.78 is 6.91. The fourth-order valence-electron chi connectivity index (χ4n) is 3.72. The van der Waals surface area contributed by atoms with Crippen molar-refractivity contribution in [2.75, 3.05) is 31.2 Å². The molecule has 0 radical (unpaired) electrons. The lowest BCUT2D eigenvalue weighted by molar-refractivity contribution is 0.0949. The van der Waals surface area contributed by atoms with Crippen LogP contribution >= 0.6 is 11.3 Å². The summed E-state index contributed by atoms with van der Waals surface area (Å²) in [5.41, 5.74) is 8.59. The Hall–Kier alpha value is -3.83. The Kier molecular flexibility index (Phi) is 5.71. The van der Waals surface area contributed by atoms with Crippen LogP contribution in [-0.4, -0.2) is 57.5 Å². The first-order valence-corrected chi connectivity index (χ1v) is 11.3. The Morgan fingerprint density at radius 1 is 1.18 bits per heavy atom. The van der Waals surface area contributed by atoms with Gasteiger partial charge in [-0.1, -0.05) is 0 Å². The second-order valence-corrected chi connectivity index (χ2v) is 8.25. The largest absolute Gasteiger partial charge is 0.378 e. The fraction of sp³-hybridized carbons (Fsp3) is 0.227. The molecule has 0 atom stereocenters. The van der Waals surface area contributed by atoms with E-state index in [1.807, 2.05) is 16.8 Å². The minimum Gasteiger partial charge on any atom is -0.378 e. The van der Waals surface area contributed by atoms with Gasteiger partial charge in [-0.2, -0.15) is 11.3 Å². The zero-order valence-corrected chi connectivity index (χ0v) is 18.4. The minimum absolute atomic E-state index is 0.241. The first-order valence-electron chi connectivity index (χ1n) is 10.4. The van der Waals surface area contributed by atoms with Crippen LogP contribution in [0.1, 0.15) is 26.4 Å². The highest BCUT2D eigenvalue weighted by molar-refractivity contribution is 7.08. The molecule has 0 bridgehead atoms. The normalized spacial score (nSPS) is 13.9. The van der Waals surface area contributed by atoms with Crippen molar-refractivity contribution in [1.82, 2.24) is 24.7 Å². The molecule has 1 fully saturated rings. The number of hydrogen-bond acceptors (Lipinski definition) is 8. The Balaban J connectivity index is 1.36. The van der Waals surface area contributed by atoms with E-state index in [9.17, 15) is 9.59 Å². The highest BCUT2D eigenvalue weighted by atomic mass is 32.1. The minimum atomic E-state index is -0.612. The third-order valence-corrected chi connectivity index (χ3v) is 6.04. The molecule has 11 heteroatoms. The highest BCUT2D eigenvalue weighted by Gasteiger charge is 2.22. The number of fused-ring (bicyclic) bond motifs is 1. The standard InChI is InChI=1S/C22H21N7O3S/c23-19(30)18-17(15-3-9-33-13-15)27-20-16(2-1-4-29(18)20)21(31)24-10-14-11-25-22(26-12-14)28-5-7-32-8-6-28/h1-4,9,11-13H,5-8,10H2,(H2,23,30)(H,24,31). The van der Waals surface area contributed by atoms with Crippen molar-refractivity contribution >= 4 is 34.7 Å². The molecular weight excluding hydrogens is 442 g/mol. The lowest BCUT2D eigenvalue weighted by Gasteiger charge is -2.26. The van der Waals surface area contributed by atoms with Crippen molar-refractivity contribution in [2.24, 2.45) is 5.73 Å². The summed E-state index contributed by atoms with van der Waals surface area (Å²) in [5, 5.41) is 6.66. The van der Waals surface area contributed by atoms with Crippen LogP contribution in [0.4, 0.5) is 5.95 Å². The van der Waals surface area contributed by atoms with Gasteiger partial charge in [-0.05, 0) is 23.6 Å². The molecule has 33 heavy (non-hydrogen) atoms. The Morgan fingerprint density at radius 3 is 2.67 bits per heavy atom. The molecule has 168 valence electrons. The lowest BCUT2D eigenvalue weighted by atomic mass is 10.2. The molecule has 0 unspecified atom stereocenters. The van der Waals surface area contributed by atoms with E-state index in [0.717, 1.165) is 24.2 Å². The summed E-state index contributed by atoms with van der Waals surface area (Å²) in [6.45, 7) is 3.08. The average Bonchev–Trinajstić information content (AvgIpc) is 3.51. The van der Waals surface area contributed by atoms with Gasteiger partial charge in [0.1, 0.15) is 11.4 Å². The molecule has 1 aliphatic heterocycles. The smallest absolute Gasteiger partial charge is 0.268 e. The lowest BCUT2D eigenvalue weighted by Crippen LogP contribution is -2.37. The van der Waals surface area contributed by atoms with E-state index in [0.29, 0.717) is 36.1 Å². The summed E-state index contributed by atoms with van der Waals surface area (Å²) in [5.74, 6) is -0.287. The number of imidazole rings is 1. The van der Waals surface area contributed by atoms with E-state index in [2.05, 4.69) is 25.2 Å². The number of carbonyl (C=O) groups excluding carboxylic acids is 2.